The van der Waals surface area contributed by atoms with Crippen LogP contribution in [0, 0.1) is 26.6 Å². The molecule has 4 N–H and O–H groups in total. The number of nitrogens with zero attached hydrogens (tertiary/aromatic N) is 1. The molecule has 190 valence electrons. The van der Waals surface area contributed by atoms with Crippen LogP contribution in [0.25, 0.3) is 0 Å². The maximum Gasteiger partial charge on any atom is 0.259 e. The molecule has 2 aromatic carbocycles. The number of anilines is 3. The van der Waals surface area contributed by atoms with E-state index in [1.54, 1.807) is 52.2 Å². The third kappa shape index (κ3) is 5.50. The lowest BCUT2D eigenvalue weighted by molar-refractivity contribution is 0.0948. The van der Waals surface area contributed by atoms with E-state index in [0.29, 0.717) is 5.75 Å². The molecule has 1 aromatic heterocycles. The minimum atomic E-state index is -0.490. The van der Waals surface area contributed by atoms with Gasteiger partial charge in [0.15, 0.2) is 5.75 Å². The number of pyridine rings is 1. The number of aryl methyl sites for hydroxylation is 2. The van der Waals surface area contributed by atoms with Gasteiger partial charge < -0.3 is 20.1 Å². The van der Waals surface area contributed by atoms with E-state index in [-0.39, 0.29) is 40.0 Å². The molecule has 0 unspecified atom stereocenters. The first-order valence-electron chi connectivity index (χ1n) is 11.6. The van der Waals surface area contributed by atoms with Crippen LogP contribution in [0.3, 0.4) is 0 Å². The van der Waals surface area contributed by atoms with Crippen molar-refractivity contribution in [2.45, 2.75) is 39.7 Å². The van der Waals surface area contributed by atoms with Crippen molar-refractivity contribution in [3.63, 3.8) is 0 Å². The van der Waals surface area contributed by atoms with Gasteiger partial charge in [-0.1, -0.05) is 12.1 Å². The lowest BCUT2D eigenvalue weighted by Crippen LogP contribution is -2.31. The maximum atomic E-state index is 14.7. The number of hydrogen-bond donors (Lipinski definition) is 4. The molecular formula is C26H30FN5O3S. The Bertz CT molecular complexity index is 1370. The number of halogens is 1. The average Bonchev–Trinajstić information content (AvgIpc) is 3.66. The Morgan fingerprint density at radius 1 is 1.11 bits per heavy atom. The standard InChI is InChI=1S/C26H30FN5O3S/c1-14-6-11-20(19(27)12-14)30-24-22(25(33)29-17-8-9-17)23(16(3)26(34)32(24)5)35-18-10-7-15(2)21(13-18)31-36-28-4/h6-7,10-13,17,28,30-31H,8-9H2,1-5H3,(H,29,33). The Balaban J connectivity index is 1.84. The number of aromatic nitrogens is 1. The Kier molecular flexibility index (Phi) is 7.56. The molecule has 36 heavy (non-hydrogen) atoms. The first-order chi connectivity index (χ1) is 17.2. The number of carbonyl (C=O) groups excluding carboxylic acids is 1. The summed E-state index contributed by atoms with van der Waals surface area (Å²) in [4.78, 5) is 26.7. The van der Waals surface area contributed by atoms with E-state index >= 15 is 0 Å². The average molecular weight is 512 g/mol. The topological polar surface area (TPSA) is 96.4 Å². The van der Waals surface area contributed by atoms with Gasteiger partial charge in [-0.2, -0.15) is 0 Å². The van der Waals surface area contributed by atoms with Crippen molar-refractivity contribution in [2.75, 3.05) is 17.1 Å². The van der Waals surface area contributed by atoms with Crippen molar-refractivity contribution in [1.29, 1.82) is 0 Å². The van der Waals surface area contributed by atoms with Crippen LogP contribution in [0.4, 0.5) is 21.6 Å². The van der Waals surface area contributed by atoms with Gasteiger partial charge in [0, 0.05) is 31.3 Å². The van der Waals surface area contributed by atoms with Gasteiger partial charge in [0.05, 0.1) is 16.9 Å². The van der Waals surface area contributed by atoms with Crippen LogP contribution in [0.1, 0.15) is 39.9 Å². The van der Waals surface area contributed by atoms with E-state index in [0.717, 1.165) is 29.7 Å². The van der Waals surface area contributed by atoms with Crippen molar-refractivity contribution >= 4 is 35.2 Å². The van der Waals surface area contributed by atoms with Crippen molar-refractivity contribution in [1.82, 2.24) is 14.6 Å². The van der Waals surface area contributed by atoms with Gasteiger partial charge in [-0.3, -0.25) is 14.2 Å². The number of benzene rings is 2. The van der Waals surface area contributed by atoms with Gasteiger partial charge in [-0.15, -0.1) is 0 Å². The molecule has 0 radical (unpaired) electrons. The lowest BCUT2D eigenvalue weighted by atomic mass is 10.1. The van der Waals surface area contributed by atoms with E-state index in [1.165, 1.54) is 22.8 Å². The predicted octanol–water partition coefficient (Wildman–Crippen LogP) is 5.07. The molecule has 10 heteroatoms. The van der Waals surface area contributed by atoms with Gasteiger partial charge in [0.25, 0.3) is 11.5 Å². The summed E-state index contributed by atoms with van der Waals surface area (Å²) >= 11 is 1.31. The third-order valence-corrected chi connectivity index (χ3v) is 6.50. The van der Waals surface area contributed by atoms with Crippen molar-refractivity contribution < 1.29 is 13.9 Å². The SMILES string of the molecule is CNSNc1cc(Oc2c(C(=O)NC3CC3)c(Nc3ccc(C)cc3F)n(C)c(=O)c2C)ccc1C. The van der Waals surface area contributed by atoms with Gasteiger partial charge in [-0.05, 0) is 70.0 Å². The molecule has 1 saturated carbocycles. The third-order valence-electron chi connectivity index (χ3n) is 5.97. The quantitative estimate of drug-likeness (QED) is 0.298. The molecule has 1 heterocycles. The van der Waals surface area contributed by atoms with Crippen LogP contribution in [0.15, 0.2) is 41.2 Å². The minimum absolute atomic E-state index is 0.0700. The molecule has 0 saturated heterocycles. The summed E-state index contributed by atoms with van der Waals surface area (Å²) in [6.07, 6.45) is 1.77. The summed E-state index contributed by atoms with van der Waals surface area (Å²) in [5.41, 5.74) is 2.77. The van der Waals surface area contributed by atoms with Crippen molar-refractivity contribution in [3.8, 4) is 11.5 Å². The zero-order chi connectivity index (χ0) is 26.0. The Morgan fingerprint density at radius 3 is 2.53 bits per heavy atom. The Morgan fingerprint density at radius 2 is 1.86 bits per heavy atom. The van der Waals surface area contributed by atoms with Crippen LogP contribution in [-0.2, 0) is 7.05 Å². The smallest absolute Gasteiger partial charge is 0.259 e. The lowest BCUT2D eigenvalue weighted by Gasteiger charge is -2.21. The second kappa shape index (κ2) is 10.6. The number of rotatable bonds is 9. The second-order valence-electron chi connectivity index (χ2n) is 8.88. The number of nitrogens with one attached hydrogen (secondary N) is 4. The molecule has 1 aliphatic rings. The van der Waals surface area contributed by atoms with E-state index in [9.17, 15) is 14.0 Å². The summed E-state index contributed by atoms with van der Waals surface area (Å²) in [6, 6.07) is 10.2. The fourth-order valence-electron chi connectivity index (χ4n) is 3.73. The second-order valence-corrected chi connectivity index (χ2v) is 9.70. The largest absolute Gasteiger partial charge is 0.456 e. The summed E-state index contributed by atoms with van der Waals surface area (Å²) in [6.45, 7) is 5.36. The van der Waals surface area contributed by atoms with Crippen LogP contribution in [0.5, 0.6) is 11.5 Å². The highest BCUT2D eigenvalue weighted by Gasteiger charge is 2.30. The highest BCUT2D eigenvalue weighted by atomic mass is 32.2. The van der Waals surface area contributed by atoms with Crippen LogP contribution < -0.4 is 30.4 Å². The highest BCUT2D eigenvalue weighted by Crippen LogP contribution is 2.36. The molecule has 0 spiro atoms. The zero-order valence-electron chi connectivity index (χ0n) is 20.9. The summed E-state index contributed by atoms with van der Waals surface area (Å²) in [7, 11) is 3.34. The molecule has 0 atom stereocenters. The number of ether oxygens (including phenoxy) is 1. The Hall–Kier alpha value is -3.50. The summed E-state index contributed by atoms with van der Waals surface area (Å²) < 4.78 is 28.4. The maximum absolute atomic E-state index is 14.7. The number of amides is 1. The van der Waals surface area contributed by atoms with Crippen molar-refractivity contribution in [2.24, 2.45) is 7.05 Å². The normalized spacial score (nSPS) is 12.8. The first kappa shape index (κ1) is 25.6. The Labute approximate surface area is 213 Å². The molecule has 3 aromatic rings. The van der Waals surface area contributed by atoms with Gasteiger partial charge in [-0.25, -0.2) is 9.11 Å². The van der Waals surface area contributed by atoms with Gasteiger partial charge >= 0.3 is 0 Å². The molecular weight excluding hydrogens is 481 g/mol. The molecule has 1 amide bonds. The summed E-state index contributed by atoms with van der Waals surface area (Å²) in [5.74, 6) is -0.156. The molecule has 0 aliphatic heterocycles. The molecule has 1 fully saturated rings. The number of hydrogen-bond acceptors (Lipinski definition) is 7. The van der Waals surface area contributed by atoms with Crippen LogP contribution in [-0.4, -0.2) is 23.6 Å². The fourth-order valence-corrected chi connectivity index (χ4v) is 4.16. The highest BCUT2D eigenvalue weighted by molar-refractivity contribution is 7.98. The zero-order valence-corrected chi connectivity index (χ0v) is 21.7. The van der Waals surface area contributed by atoms with E-state index in [2.05, 4.69) is 20.1 Å². The van der Waals surface area contributed by atoms with Crippen LogP contribution in [0.2, 0.25) is 0 Å². The summed E-state index contributed by atoms with van der Waals surface area (Å²) in [5, 5.41) is 5.95. The molecule has 8 nitrogen and oxygen atoms in total. The van der Waals surface area contributed by atoms with E-state index < -0.39 is 11.7 Å². The van der Waals surface area contributed by atoms with Crippen LogP contribution >= 0.6 is 12.1 Å². The monoisotopic (exact) mass is 511 g/mol. The van der Waals surface area contributed by atoms with E-state index in [1.807, 2.05) is 13.0 Å². The minimum Gasteiger partial charge on any atom is -0.456 e. The molecule has 4 rings (SSSR count). The molecule has 1 aliphatic carbocycles. The van der Waals surface area contributed by atoms with Crippen molar-refractivity contribution in [3.05, 3.63) is 74.8 Å². The number of carbonyl (C=O) groups is 1. The molecule has 0 bridgehead atoms. The van der Waals surface area contributed by atoms with Gasteiger partial charge in [0.2, 0.25) is 0 Å². The predicted molar refractivity (Wildman–Crippen MR) is 143 cm³/mol. The first-order valence-corrected chi connectivity index (χ1v) is 12.5. The van der Waals surface area contributed by atoms with E-state index in [4.69, 9.17) is 4.74 Å². The van der Waals surface area contributed by atoms with Gasteiger partial charge in [0.1, 0.15) is 22.9 Å². The fraction of sp³-hybridized carbons (Fsp3) is 0.308.